The monoisotopic (exact) mass is 235 g/mol. The van der Waals surface area contributed by atoms with E-state index in [-0.39, 0.29) is 24.3 Å². The Hall–Kier alpha value is -1.29. The zero-order valence-corrected chi connectivity index (χ0v) is 9.69. The van der Waals surface area contributed by atoms with E-state index in [0.29, 0.717) is 5.76 Å². The molecule has 1 aromatic rings. The van der Waals surface area contributed by atoms with Crippen LogP contribution in [0.1, 0.15) is 31.4 Å². The van der Waals surface area contributed by atoms with Gasteiger partial charge in [-0.1, -0.05) is 0 Å². The lowest BCUT2D eigenvalue weighted by Crippen LogP contribution is -2.42. The Morgan fingerprint density at radius 2 is 2.24 bits per heavy atom. The third-order valence-corrected chi connectivity index (χ3v) is 3.68. The average Bonchev–Trinajstić information content (AvgIpc) is 3.23. The number of carbonyl (C=O) groups is 1. The second kappa shape index (κ2) is 3.88. The largest absolute Gasteiger partial charge is 0.466 e. The van der Waals surface area contributed by atoms with Crippen molar-refractivity contribution in [1.29, 1.82) is 0 Å². The van der Waals surface area contributed by atoms with Gasteiger partial charge in [-0.05, 0) is 43.7 Å². The van der Waals surface area contributed by atoms with Gasteiger partial charge in [-0.15, -0.1) is 0 Å². The quantitative estimate of drug-likeness (QED) is 0.811. The fraction of sp³-hybridized carbons (Fsp3) is 0.615. The maximum atomic E-state index is 11.6. The number of furan rings is 1. The van der Waals surface area contributed by atoms with Crippen LogP contribution in [0.2, 0.25) is 0 Å². The minimum absolute atomic E-state index is 0.0654. The Morgan fingerprint density at radius 3 is 2.76 bits per heavy atom. The second-order valence-electron chi connectivity index (χ2n) is 5.17. The fourth-order valence-electron chi connectivity index (χ4n) is 2.23. The van der Waals surface area contributed by atoms with Gasteiger partial charge in [0.15, 0.2) is 0 Å². The minimum atomic E-state index is -1.02. The summed E-state index contributed by atoms with van der Waals surface area (Å²) >= 11 is 0. The summed E-state index contributed by atoms with van der Waals surface area (Å²) in [4.78, 5) is 11.6. The molecule has 2 aliphatic carbocycles. The maximum Gasteiger partial charge on any atom is 0.223 e. The summed E-state index contributed by atoms with van der Waals surface area (Å²) in [7, 11) is 0. The third kappa shape index (κ3) is 2.09. The van der Waals surface area contributed by atoms with E-state index in [1.165, 1.54) is 0 Å². The van der Waals surface area contributed by atoms with Crippen LogP contribution in [0, 0.1) is 11.8 Å². The van der Waals surface area contributed by atoms with E-state index in [1.54, 1.807) is 18.4 Å². The number of amides is 1. The van der Waals surface area contributed by atoms with E-state index < -0.39 is 5.60 Å². The second-order valence-corrected chi connectivity index (χ2v) is 5.17. The van der Waals surface area contributed by atoms with Gasteiger partial charge in [0.05, 0.1) is 12.8 Å². The predicted molar refractivity (Wildman–Crippen MR) is 61.1 cm³/mol. The van der Waals surface area contributed by atoms with Gasteiger partial charge in [-0.3, -0.25) is 4.79 Å². The molecule has 0 radical (unpaired) electrons. The van der Waals surface area contributed by atoms with E-state index in [9.17, 15) is 9.90 Å². The molecule has 2 fully saturated rings. The summed E-state index contributed by atoms with van der Waals surface area (Å²) in [6, 6.07) is 3.55. The molecule has 1 atom stereocenters. The molecule has 1 heterocycles. The lowest BCUT2D eigenvalue weighted by molar-refractivity contribution is -0.124. The number of hydrogen-bond acceptors (Lipinski definition) is 3. The SMILES string of the molecule is O=C(NC[C@](O)(c1ccco1)C1CC1)C1CC1. The van der Waals surface area contributed by atoms with Gasteiger partial charge in [0.1, 0.15) is 11.4 Å². The van der Waals surface area contributed by atoms with Crippen LogP contribution in [0.4, 0.5) is 0 Å². The van der Waals surface area contributed by atoms with E-state index in [2.05, 4.69) is 5.32 Å². The molecule has 0 aliphatic heterocycles. The van der Waals surface area contributed by atoms with Crippen LogP contribution >= 0.6 is 0 Å². The van der Waals surface area contributed by atoms with Gasteiger partial charge in [0, 0.05) is 5.92 Å². The molecule has 17 heavy (non-hydrogen) atoms. The van der Waals surface area contributed by atoms with Crippen molar-refractivity contribution in [3.05, 3.63) is 24.2 Å². The summed E-state index contributed by atoms with van der Waals surface area (Å²) in [5.74, 6) is 1.02. The molecule has 92 valence electrons. The van der Waals surface area contributed by atoms with Crippen LogP contribution in [0.3, 0.4) is 0 Å². The van der Waals surface area contributed by atoms with Gasteiger partial charge in [0.2, 0.25) is 5.91 Å². The smallest absolute Gasteiger partial charge is 0.223 e. The molecule has 2 saturated carbocycles. The van der Waals surface area contributed by atoms with Crippen LogP contribution in [0.5, 0.6) is 0 Å². The molecule has 1 aromatic heterocycles. The maximum absolute atomic E-state index is 11.6. The average molecular weight is 235 g/mol. The van der Waals surface area contributed by atoms with Crippen LogP contribution < -0.4 is 5.32 Å². The first-order valence-electron chi connectivity index (χ1n) is 6.24. The summed E-state index contributed by atoms with van der Waals surface area (Å²) in [6.45, 7) is 0.264. The molecule has 0 aromatic carbocycles. The molecule has 4 heteroatoms. The van der Waals surface area contributed by atoms with Crippen molar-refractivity contribution in [3.8, 4) is 0 Å². The van der Waals surface area contributed by atoms with Crippen molar-refractivity contribution in [2.45, 2.75) is 31.3 Å². The molecular weight excluding hydrogens is 218 g/mol. The zero-order valence-electron chi connectivity index (χ0n) is 9.69. The molecule has 2 N–H and O–H groups in total. The van der Waals surface area contributed by atoms with Gasteiger partial charge in [0.25, 0.3) is 0 Å². The van der Waals surface area contributed by atoms with Gasteiger partial charge in [-0.25, -0.2) is 0 Å². The lowest BCUT2D eigenvalue weighted by Gasteiger charge is -2.26. The Morgan fingerprint density at radius 1 is 1.47 bits per heavy atom. The summed E-state index contributed by atoms with van der Waals surface area (Å²) in [5, 5.41) is 13.5. The van der Waals surface area contributed by atoms with Crippen molar-refractivity contribution in [1.82, 2.24) is 5.32 Å². The van der Waals surface area contributed by atoms with Crippen LogP contribution in [-0.4, -0.2) is 17.6 Å². The highest BCUT2D eigenvalue weighted by atomic mass is 16.4. The normalized spacial score (nSPS) is 23.1. The van der Waals surface area contributed by atoms with Gasteiger partial charge < -0.3 is 14.8 Å². The van der Waals surface area contributed by atoms with E-state index >= 15 is 0 Å². The van der Waals surface area contributed by atoms with E-state index in [4.69, 9.17) is 4.42 Å². The third-order valence-electron chi connectivity index (χ3n) is 3.68. The molecule has 3 rings (SSSR count). The Bertz CT molecular complexity index is 406. The van der Waals surface area contributed by atoms with Crippen molar-refractivity contribution in [2.24, 2.45) is 11.8 Å². The fourth-order valence-corrected chi connectivity index (χ4v) is 2.23. The summed E-state index contributed by atoms with van der Waals surface area (Å²) in [5.41, 5.74) is -1.02. The topological polar surface area (TPSA) is 62.5 Å². The Balaban J connectivity index is 1.69. The van der Waals surface area contributed by atoms with Gasteiger partial charge in [-0.2, -0.15) is 0 Å². The van der Waals surface area contributed by atoms with Crippen molar-refractivity contribution in [3.63, 3.8) is 0 Å². The first kappa shape index (κ1) is 10.8. The van der Waals surface area contributed by atoms with Crippen LogP contribution in [0.25, 0.3) is 0 Å². The number of aliphatic hydroxyl groups is 1. The van der Waals surface area contributed by atoms with E-state index in [1.807, 2.05) is 0 Å². The van der Waals surface area contributed by atoms with Crippen molar-refractivity contribution in [2.75, 3.05) is 6.54 Å². The highest BCUT2D eigenvalue weighted by Gasteiger charge is 2.47. The van der Waals surface area contributed by atoms with Gasteiger partial charge >= 0.3 is 0 Å². The molecule has 0 saturated heterocycles. The standard InChI is InChI=1S/C13H17NO3/c15-12(9-3-4-9)14-8-13(16,10-5-6-10)11-2-1-7-17-11/h1-2,7,9-10,16H,3-6,8H2,(H,14,15)/t13-/m1/s1. The predicted octanol–water partition coefficient (Wildman–Crippen LogP) is 1.40. The Kier molecular flexibility index (Phi) is 2.47. The molecule has 0 spiro atoms. The minimum Gasteiger partial charge on any atom is -0.466 e. The van der Waals surface area contributed by atoms with Crippen molar-refractivity contribution < 1.29 is 14.3 Å². The van der Waals surface area contributed by atoms with Crippen LogP contribution in [0.15, 0.2) is 22.8 Å². The number of hydrogen-bond donors (Lipinski definition) is 2. The molecule has 4 nitrogen and oxygen atoms in total. The molecule has 2 aliphatic rings. The van der Waals surface area contributed by atoms with Crippen molar-refractivity contribution >= 4 is 5.91 Å². The first-order valence-corrected chi connectivity index (χ1v) is 6.24. The number of rotatable bonds is 5. The first-order chi connectivity index (χ1) is 8.20. The number of nitrogens with one attached hydrogen (secondary N) is 1. The highest BCUT2D eigenvalue weighted by molar-refractivity contribution is 5.80. The number of carbonyl (C=O) groups excluding carboxylic acids is 1. The van der Waals surface area contributed by atoms with Crippen LogP contribution in [-0.2, 0) is 10.4 Å². The van der Waals surface area contributed by atoms with E-state index in [0.717, 1.165) is 25.7 Å². The lowest BCUT2D eigenvalue weighted by atomic mass is 9.94. The molecule has 0 unspecified atom stereocenters. The Labute approximate surface area is 100 Å². The molecule has 1 amide bonds. The summed E-state index contributed by atoms with van der Waals surface area (Å²) < 4.78 is 5.31. The highest BCUT2D eigenvalue weighted by Crippen LogP contribution is 2.45. The molecule has 0 bridgehead atoms. The zero-order chi connectivity index (χ0) is 11.9. The molecular formula is C13H17NO3. The summed E-state index contributed by atoms with van der Waals surface area (Å²) in [6.07, 6.45) is 5.52.